The molecule has 0 radical (unpaired) electrons. The van der Waals surface area contributed by atoms with Crippen LogP contribution in [0.2, 0.25) is 0 Å². The van der Waals surface area contributed by atoms with Crippen LogP contribution in [0.3, 0.4) is 0 Å². The first-order chi connectivity index (χ1) is 8.90. The van der Waals surface area contributed by atoms with E-state index in [4.69, 9.17) is 4.74 Å². The average Bonchev–Trinajstić information content (AvgIpc) is 2.37. The van der Waals surface area contributed by atoms with Crippen LogP contribution in [-0.4, -0.2) is 17.0 Å². The van der Waals surface area contributed by atoms with Crippen LogP contribution in [0.15, 0.2) is 0 Å². The Bertz CT molecular complexity index is 238. The lowest BCUT2D eigenvalue weighted by Crippen LogP contribution is -2.41. The van der Waals surface area contributed by atoms with E-state index in [1.165, 1.54) is 44.9 Å². The highest BCUT2D eigenvalue weighted by Gasteiger charge is 2.34. The van der Waals surface area contributed by atoms with Gasteiger partial charge in [0, 0.05) is 5.41 Å². The molecule has 0 aromatic heterocycles. The zero-order valence-corrected chi connectivity index (χ0v) is 13.5. The average molecular weight is 270 g/mol. The summed E-state index contributed by atoms with van der Waals surface area (Å²) >= 11 is 0. The molecule has 1 aliphatic rings. The quantitative estimate of drug-likeness (QED) is 0.725. The molecule has 2 nitrogen and oxygen atoms in total. The number of hydrogen-bond acceptors (Lipinski definition) is 2. The Balaban J connectivity index is 2.58. The molecule has 0 heterocycles. The first kappa shape index (κ1) is 17.0. The molecule has 1 N–H and O–H groups in total. The van der Waals surface area contributed by atoms with Crippen LogP contribution in [0.5, 0.6) is 0 Å². The molecular weight excluding hydrogens is 236 g/mol. The van der Waals surface area contributed by atoms with Gasteiger partial charge in [-0.3, -0.25) is 0 Å². The first-order valence-electron chi connectivity index (χ1n) is 8.25. The van der Waals surface area contributed by atoms with Crippen molar-refractivity contribution >= 4 is 0 Å². The van der Waals surface area contributed by atoms with Gasteiger partial charge in [0.25, 0.3) is 0 Å². The molecule has 0 aliphatic heterocycles. The zero-order valence-electron chi connectivity index (χ0n) is 13.5. The summed E-state index contributed by atoms with van der Waals surface area (Å²) in [6.45, 7) is 8.48. The summed E-state index contributed by atoms with van der Waals surface area (Å²) in [4.78, 5) is 0. The van der Waals surface area contributed by atoms with E-state index in [9.17, 15) is 5.11 Å². The second-order valence-corrected chi connectivity index (χ2v) is 7.24. The van der Waals surface area contributed by atoms with Gasteiger partial charge in [-0.25, -0.2) is 0 Å². The number of aliphatic hydroxyl groups is 1. The van der Waals surface area contributed by atoms with Crippen LogP contribution >= 0.6 is 0 Å². The summed E-state index contributed by atoms with van der Waals surface area (Å²) < 4.78 is 6.12. The molecule has 1 rings (SSSR count). The number of ether oxygens (including phenoxy) is 1. The molecule has 1 aliphatic carbocycles. The Kier molecular flexibility index (Phi) is 6.82. The van der Waals surface area contributed by atoms with Gasteiger partial charge in [0.15, 0.2) is 6.29 Å². The maximum absolute atomic E-state index is 10.4. The smallest absolute Gasteiger partial charge is 0.160 e. The second kappa shape index (κ2) is 7.64. The van der Waals surface area contributed by atoms with E-state index in [-0.39, 0.29) is 11.0 Å². The number of hydrogen-bond donors (Lipinski definition) is 1. The molecule has 0 aromatic carbocycles. The fourth-order valence-electron chi connectivity index (χ4n) is 2.73. The molecule has 0 saturated heterocycles. The van der Waals surface area contributed by atoms with Crippen molar-refractivity contribution in [1.29, 1.82) is 0 Å². The molecule has 0 unspecified atom stereocenters. The minimum absolute atomic E-state index is 0.136. The van der Waals surface area contributed by atoms with E-state index in [0.29, 0.717) is 0 Å². The monoisotopic (exact) mass is 270 g/mol. The van der Waals surface area contributed by atoms with E-state index in [0.717, 1.165) is 19.3 Å². The van der Waals surface area contributed by atoms with Crippen LogP contribution in [0.4, 0.5) is 0 Å². The van der Waals surface area contributed by atoms with E-state index in [1.807, 2.05) is 0 Å². The standard InChI is InChI=1S/C17H34O2/c1-5-16(2,3)15(18)19-17(4)13-11-9-7-6-8-10-12-14-17/h15,18H,5-14H2,1-4H3/t15-/m0/s1. The fourth-order valence-corrected chi connectivity index (χ4v) is 2.73. The maximum Gasteiger partial charge on any atom is 0.160 e. The topological polar surface area (TPSA) is 29.5 Å². The number of rotatable bonds is 4. The highest BCUT2D eigenvalue weighted by atomic mass is 16.6. The number of aliphatic hydroxyl groups excluding tert-OH is 1. The summed E-state index contributed by atoms with van der Waals surface area (Å²) in [5.41, 5.74) is -0.290. The lowest BCUT2D eigenvalue weighted by Gasteiger charge is -2.38. The van der Waals surface area contributed by atoms with Gasteiger partial charge in [-0.05, 0) is 26.2 Å². The third-order valence-electron chi connectivity index (χ3n) is 4.89. The largest absolute Gasteiger partial charge is 0.367 e. The third kappa shape index (κ3) is 5.83. The highest BCUT2D eigenvalue weighted by Crippen LogP contribution is 2.34. The van der Waals surface area contributed by atoms with Gasteiger partial charge in [0.2, 0.25) is 0 Å². The third-order valence-corrected chi connectivity index (χ3v) is 4.89. The van der Waals surface area contributed by atoms with Gasteiger partial charge in [-0.2, -0.15) is 0 Å². The van der Waals surface area contributed by atoms with Crippen molar-refractivity contribution in [3.05, 3.63) is 0 Å². The summed E-state index contributed by atoms with van der Waals surface area (Å²) in [6, 6.07) is 0. The molecule has 0 spiro atoms. The van der Waals surface area contributed by atoms with Gasteiger partial charge >= 0.3 is 0 Å². The van der Waals surface area contributed by atoms with Gasteiger partial charge < -0.3 is 9.84 Å². The minimum Gasteiger partial charge on any atom is -0.367 e. The molecule has 2 heteroatoms. The summed E-state index contributed by atoms with van der Waals surface area (Å²) in [6.07, 6.45) is 11.7. The molecule has 0 aromatic rings. The Morgan fingerprint density at radius 3 is 1.84 bits per heavy atom. The second-order valence-electron chi connectivity index (χ2n) is 7.24. The van der Waals surface area contributed by atoms with Crippen molar-refractivity contribution < 1.29 is 9.84 Å². The van der Waals surface area contributed by atoms with Crippen molar-refractivity contribution in [2.75, 3.05) is 0 Å². The van der Waals surface area contributed by atoms with Crippen LogP contribution < -0.4 is 0 Å². The van der Waals surface area contributed by atoms with Crippen LogP contribution in [0, 0.1) is 5.41 Å². The molecular formula is C17H34O2. The molecule has 0 bridgehead atoms. The molecule has 19 heavy (non-hydrogen) atoms. The van der Waals surface area contributed by atoms with E-state index < -0.39 is 6.29 Å². The van der Waals surface area contributed by atoms with Crippen LogP contribution in [0.1, 0.15) is 91.9 Å². The lowest BCUT2D eigenvalue weighted by atomic mass is 9.86. The van der Waals surface area contributed by atoms with Crippen molar-refractivity contribution in [2.45, 2.75) is 104 Å². The summed E-state index contributed by atoms with van der Waals surface area (Å²) in [5, 5.41) is 10.4. The molecule has 1 saturated carbocycles. The van der Waals surface area contributed by atoms with Crippen LogP contribution in [0.25, 0.3) is 0 Å². The van der Waals surface area contributed by atoms with Gasteiger partial charge in [-0.1, -0.05) is 65.7 Å². The predicted octanol–water partition coefficient (Wildman–Crippen LogP) is 5.04. The van der Waals surface area contributed by atoms with Gasteiger partial charge in [-0.15, -0.1) is 0 Å². The Morgan fingerprint density at radius 1 is 1.00 bits per heavy atom. The highest BCUT2D eigenvalue weighted by molar-refractivity contribution is 4.80. The van der Waals surface area contributed by atoms with E-state index in [1.54, 1.807) is 0 Å². The molecule has 114 valence electrons. The minimum atomic E-state index is -0.648. The lowest BCUT2D eigenvalue weighted by molar-refractivity contribution is -0.231. The maximum atomic E-state index is 10.4. The zero-order chi connectivity index (χ0) is 14.4. The molecule has 0 amide bonds. The van der Waals surface area contributed by atoms with Crippen molar-refractivity contribution in [2.24, 2.45) is 5.41 Å². The first-order valence-corrected chi connectivity index (χ1v) is 8.25. The van der Waals surface area contributed by atoms with Crippen LogP contribution in [-0.2, 0) is 4.74 Å². The van der Waals surface area contributed by atoms with E-state index >= 15 is 0 Å². The predicted molar refractivity (Wildman–Crippen MR) is 81.1 cm³/mol. The van der Waals surface area contributed by atoms with E-state index in [2.05, 4.69) is 27.7 Å². The molecule has 1 fully saturated rings. The Hall–Kier alpha value is -0.0800. The summed E-state index contributed by atoms with van der Waals surface area (Å²) in [7, 11) is 0. The Morgan fingerprint density at radius 2 is 1.42 bits per heavy atom. The SMILES string of the molecule is CCC(C)(C)[C@@H](O)OC1(C)CCCCCCCCC1. The fraction of sp³-hybridized carbons (Fsp3) is 1.00. The Labute approximate surface area is 119 Å². The van der Waals surface area contributed by atoms with Gasteiger partial charge in [0.05, 0.1) is 5.60 Å². The normalized spacial score (nSPS) is 23.8. The van der Waals surface area contributed by atoms with Crippen molar-refractivity contribution in [3.63, 3.8) is 0 Å². The van der Waals surface area contributed by atoms with Crippen molar-refractivity contribution in [1.82, 2.24) is 0 Å². The summed E-state index contributed by atoms with van der Waals surface area (Å²) in [5.74, 6) is 0. The van der Waals surface area contributed by atoms with Crippen molar-refractivity contribution in [3.8, 4) is 0 Å². The molecule has 1 atom stereocenters. The van der Waals surface area contributed by atoms with Gasteiger partial charge in [0.1, 0.15) is 0 Å².